The third-order valence-electron chi connectivity index (χ3n) is 4.17. The van der Waals surface area contributed by atoms with E-state index < -0.39 is 0 Å². The molecule has 0 N–H and O–H groups in total. The van der Waals surface area contributed by atoms with Crippen molar-refractivity contribution in [3.8, 4) is 0 Å². The first kappa shape index (κ1) is 9.88. The lowest BCUT2D eigenvalue weighted by atomic mass is 9.80. The Kier molecular flexibility index (Phi) is 1.91. The van der Waals surface area contributed by atoms with Gasteiger partial charge < -0.3 is 4.90 Å². The van der Waals surface area contributed by atoms with Crippen LogP contribution < -0.4 is 4.90 Å². The van der Waals surface area contributed by atoms with Gasteiger partial charge in [-0.05, 0) is 36.6 Å². The Labute approximate surface area is 96.3 Å². The molecule has 1 heterocycles. The second-order valence-corrected chi connectivity index (χ2v) is 5.23. The average molecular weight is 215 g/mol. The van der Waals surface area contributed by atoms with Crippen LogP contribution in [0.3, 0.4) is 0 Å². The molecule has 0 aromatic heterocycles. The van der Waals surface area contributed by atoms with E-state index in [9.17, 15) is 4.79 Å². The van der Waals surface area contributed by atoms with Crippen LogP contribution in [0.15, 0.2) is 12.1 Å². The molecule has 2 unspecified atom stereocenters. The normalized spacial score (nSPS) is 27.2. The average Bonchev–Trinajstić information content (AvgIpc) is 2.44. The Balaban J connectivity index is 2.25. The number of nitrogens with zero attached hydrogens (tertiary/aromatic N) is 1. The molecule has 0 fully saturated rings. The van der Waals surface area contributed by atoms with E-state index in [4.69, 9.17) is 0 Å². The van der Waals surface area contributed by atoms with E-state index in [1.165, 1.54) is 22.4 Å². The van der Waals surface area contributed by atoms with Crippen LogP contribution in [-0.2, 0) is 11.2 Å². The molecule has 84 valence electrons. The molecule has 0 bridgehead atoms. The van der Waals surface area contributed by atoms with Crippen LogP contribution in [0.1, 0.15) is 36.0 Å². The molecule has 0 amide bonds. The Morgan fingerprint density at radius 2 is 2.12 bits per heavy atom. The largest absolute Gasteiger partial charge is 0.371 e. The number of carbonyl (C=O) groups excluding carboxylic acids is 1. The Hall–Kier alpha value is -1.31. The van der Waals surface area contributed by atoms with Crippen molar-refractivity contribution in [1.29, 1.82) is 0 Å². The van der Waals surface area contributed by atoms with Crippen LogP contribution in [0.4, 0.5) is 5.69 Å². The molecule has 2 aliphatic rings. The van der Waals surface area contributed by atoms with E-state index in [-0.39, 0.29) is 0 Å². The van der Waals surface area contributed by atoms with E-state index in [1.807, 2.05) is 0 Å². The maximum Gasteiger partial charge on any atom is 0.137 e. The Morgan fingerprint density at radius 1 is 1.38 bits per heavy atom. The third-order valence-corrected chi connectivity index (χ3v) is 4.17. The maximum absolute atomic E-state index is 11.8. The van der Waals surface area contributed by atoms with E-state index >= 15 is 0 Å². The fourth-order valence-electron chi connectivity index (χ4n) is 3.25. The summed E-state index contributed by atoms with van der Waals surface area (Å²) in [5, 5.41) is 0. The van der Waals surface area contributed by atoms with Crippen molar-refractivity contribution < 1.29 is 4.79 Å². The highest BCUT2D eigenvalue weighted by Crippen LogP contribution is 2.46. The highest BCUT2D eigenvalue weighted by molar-refractivity contribution is 5.87. The van der Waals surface area contributed by atoms with Crippen molar-refractivity contribution in [2.75, 3.05) is 11.9 Å². The summed E-state index contributed by atoms with van der Waals surface area (Å²) in [7, 11) is 2.14. The number of likely N-dealkylation sites (N-methyl/N-ethyl adjacent to an activating group) is 1. The van der Waals surface area contributed by atoms with Gasteiger partial charge in [0.25, 0.3) is 0 Å². The lowest BCUT2D eigenvalue weighted by Crippen LogP contribution is -2.29. The molecule has 0 radical (unpaired) electrons. The number of hydrogen-bond donors (Lipinski definition) is 0. The second kappa shape index (κ2) is 3.09. The molecule has 1 aromatic rings. The molecule has 2 atom stereocenters. The summed E-state index contributed by atoms with van der Waals surface area (Å²) in [5.41, 5.74) is 5.33. The molecular formula is C14H17NO. The number of rotatable bonds is 0. The van der Waals surface area contributed by atoms with Gasteiger partial charge in [0, 0.05) is 37.5 Å². The Bertz CT molecular complexity index is 478. The van der Waals surface area contributed by atoms with Crippen LogP contribution in [0.2, 0.25) is 0 Å². The van der Waals surface area contributed by atoms with Crippen LogP contribution in [0.25, 0.3) is 0 Å². The van der Waals surface area contributed by atoms with Crippen molar-refractivity contribution in [3.63, 3.8) is 0 Å². The lowest BCUT2D eigenvalue weighted by Gasteiger charge is -2.24. The van der Waals surface area contributed by atoms with Crippen molar-refractivity contribution in [1.82, 2.24) is 0 Å². The van der Waals surface area contributed by atoms with Gasteiger partial charge in [0.05, 0.1) is 0 Å². The molecule has 1 aromatic carbocycles. The zero-order chi connectivity index (χ0) is 11.4. The quantitative estimate of drug-likeness (QED) is 0.662. The molecule has 0 spiro atoms. The Morgan fingerprint density at radius 3 is 2.88 bits per heavy atom. The van der Waals surface area contributed by atoms with Crippen LogP contribution in [-0.4, -0.2) is 18.9 Å². The monoisotopic (exact) mass is 215 g/mol. The first-order chi connectivity index (χ1) is 7.58. The summed E-state index contributed by atoms with van der Waals surface area (Å²) in [5.74, 6) is 0.827. The van der Waals surface area contributed by atoms with Gasteiger partial charge in [0.2, 0.25) is 0 Å². The van der Waals surface area contributed by atoms with E-state index in [1.54, 1.807) is 0 Å². The smallest absolute Gasteiger partial charge is 0.137 e. The topological polar surface area (TPSA) is 20.3 Å². The number of hydrogen-bond acceptors (Lipinski definition) is 2. The van der Waals surface area contributed by atoms with Gasteiger partial charge in [0.1, 0.15) is 5.78 Å². The molecular weight excluding hydrogens is 198 g/mol. The number of ketones is 1. The number of anilines is 1. The van der Waals surface area contributed by atoms with Crippen LogP contribution >= 0.6 is 0 Å². The van der Waals surface area contributed by atoms with Crippen molar-refractivity contribution >= 4 is 11.5 Å². The van der Waals surface area contributed by atoms with Crippen molar-refractivity contribution in [3.05, 3.63) is 28.8 Å². The van der Waals surface area contributed by atoms with Crippen LogP contribution in [0, 0.1) is 6.92 Å². The summed E-state index contributed by atoms with van der Waals surface area (Å²) in [6, 6.07) is 4.90. The van der Waals surface area contributed by atoms with E-state index in [0.29, 0.717) is 24.2 Å². The zero-order valence-corrected chi connectivity index (χ0v) is 10.1. The summed E-state index contributed by atoms with van der Waals surface area (Å²) in [4.78, 5) is 14.1. The maximum atomic E-state index is 11.8. The third kappa shape index (κ3) is 1.16. The minimum absolute atomic E-state index is 0.399. The fraction of sp³-hybridized carbons (Fsp3) is 0.500. The summed E-state index contributed by atoms with van der Waals surface area (Å²) in [6.45, 7) is 4.34. The van der Waals surface area contributed by atoms with Gasteiger partial charge in [-0.1, -0.05) is 6.07 Å². The van der Waals surface area contributed by atoms with Gasteiger partial charge in [-0.25, -0.2) is 0 Å². The van der Waals surface area contributed by atoms with Gasteiger partial charge in [0.15, 0.2) is 0 Å². The fourth-order valence-corrected chi connectivity index (χ4v) is 3.25. The molecule has 16 heavy (non-hydrogen) atoms. The molecule has 2 nitrogen and oxygen atoms in total. The highest BCUT2D eigenvalue weighted by Gasteiger charge is 2.39. The van der Waals surface area contributed by atoms with Crippen molar-refractivity contribution in [2.45, 2.75) is 38.6 Å². The van der Waals surface area contributed by atoms with E-state index in [2.05, 4.69) is 37.9 Å². The number of Topliss-reactive ketones (excluding diaryl/α,β-unsaturated/α-hetero) is 1. The van der Waals surface area contributed by atoms with Gasteiger partial charge in [-0.2, -0.15) is 0 Å². The lowest BCUT2D eigenvalue weighted by molar-refractivity contribution is -0.119. The first-order valence-electron chi connectivity index (χ1n) is 5.96. The zero-order valence-electron chi connectivity index (χ0n) is 10.1. The highest BCUT2D eigenvalue weighted by atomic mass is 16.1. The summed E-state index contributed by atoms with van der Waals surface area (Å²) < 4.78 is 0. The summed E-state index contributed by atoms with van der Waals surface area (Å²) >= 11 is 0. The van der Waals surface area contributed by atoms with Crippen molar-refractivity contribution in [2.24, 2.45) is 0 Å². The molecule has 1 aliphatic carbocycles. The predicted octanol–water partition coefficient (Wildman–Crippen LogP) is 2.43. The van der Waals surface area contributed by atoms with Gasteiger partial charge in [-0.3, -0.25) is 4.79 Å². The van der Waals surface area contributed by atoms with Gasteiger partial charge in [-0.15, -0.1) is 0 Å². The molecule has 0 saturated heterocycles. The molecule has 2 heteroatoms. The number of benzene rings is 1. The number of aryl methyl sites for hydroxylation is 1. The van der Waals surface area contributed by atoms with Crippen LogP contribution in [0.5, 0.6) is 0 Å². The summed E-state index contributed by atoms with van der Waals surface area (Å²) in [6.07, 6.45) is 1.37. The van der Waals surface area contributed by atoms with Gasteiger partial charge >= 0.3 is 0 Å². The molecule has 3 rings (SSSR count). The second-order valence-electron chi connectivity index (χ2n) is 5.23. The molecule has 0 saturated carbocycles. The predicted molar refractivity (Wildman–Crippen MR) is 65.1 cm³/mol. The minimum atomic E-state index is 0.399. The minimum Gasteiger partial charge on any atom is -0.371 e. The SMILES string of the molecule is Cc1cc2c3c(c1)N(C)C(C)C3CC(=O)C2. The number of carbonyl (C=O) groups is 1. The van der Waals surface area contributed by atoms with E-state index in [0.717, 1.165) is 6.42 Å². The molecule has 1 aliphatic heterocycles. The standard InChI is InChI=1S/C14H17NO/c1-8-4-10-6-11(16)7-12-9(2)15(3)13(5-8)14(10)12/h4-5,9,12H,6-7H2,1-3H3. The first-order valence-corrected chi connectivity index (χ1v) is 5.96.